The number of primary amides is 1. The number of aromatic nitrogens is 2. The summed E-state index contributed by atoms with van der Waals surface area (Å²) in [7, 11) is 0. The first kappa shape index (κ1) is 21.2. The maximum atomic E-state index is 12.7. The third kappa shape index (κ3) is 4.36. The lowest BCUT2D eigenvalue weighted by Crippen LogP contribution is -2.36. The largest absolute Gasteiger partial charge is 0.445 e. The lowest BCUT2D eigenvalue weighted by Gasteiger charge is -2.27. The number of carbonyl (C=O) groups is 2. The number of ether oxygens (including phenoxy) is 1. The number of nitrogens with two attached hydrogens (primary N) is 1. The van der Waals surface area contributed by atoms with Crippen molar-refractivity contribution < 1.29 is 14.3 Å². The van der Waals surface area contributed by atoms with E-state index in [-0.39, 0.29) is 24.2 Å². The zero-order valence-corrected chi connectivity index (χ0v) is 18.9. The number of nitrogens with one attached hydrogen (secondary N) is 1. The number of carbonyl (C=O) groups excluding carboxylic acids is 2. The smallest absolute Gasteiger partial charge is 0.410 e. The molecule has 2 aromatic heterocycles. The summed E-state index contributed by atoms with van der Waals surface area (Å²) in [6, 6.07) is 11.3. The Kier molecular flexibility index (Phi) is 5.62. The highest BCUT2D eigenvalue weighted by molar-refractivity contribution is 9.10. The molecule has 3 aromatic rings. The molecule has 1 aromatic carbocycles. The molecule has 3 heterocycles. The average Bonchev–Trinajstić information content (AvgIpc) is 3.25. The summed E-state index contributed by atoms with van der Waals surface area (Å²) in [6.07, 6.45) is 2.90. The summed E-state index contributed by atoms with van der Waals surface area (Å²) in [5, 5.41) is 7.72. The minimum Gasteiger partial charge on any atom is -0.445 e. The van der Waals surface area contributed by atoms with Crippen molar-refractivity contribution in [2.75, 3.05) is 18.4 Å². The second kappa shape index (κ2) is 8.22. The summed E-state index contributed by atoms with van der Waals surface area (Å²) in [6.45, 7) is 5.34. The first-order valence-corrected chi connectivity index (χ1v) is 10.7. The second-order valence-corrected chi connectivity index (χ2v) is 9.31. The van der Waals surface area contributed by atoms with E-state index in [2.05, 4.69) is 40.2 Å². The van der Waals surface area contributed by atoms with Crippen LogP contribution in [0.5, 0.6) is 0 Å². The van der Waals surface area contributed by atoms with Crippen molar-refractivity contribution in [1.29, 1.82) is 0 Å². The van der Waals surface area contributed by atoms with Crippen LogP contribution in [-0.4, -0.2) is 45.6 Å². The number of likely N-dealkylation sites (tertiary alicyclic amines) is 1. The number of nitrogens with zero attached hydrogens (tertiary/aromatic N) is 3. The van der Waals surface area contributed by atoms with E-state index in [1.165, 1.54) is 6.20 Å². The van der Waals surface area contributed by atoms with Crippen LogP contribution >= 0.6 is 15.9 Å². The Labute approximate surface area is 188 Å². The van der Waals surface area contributed by atoms with E-state index in [9.17, 15) is 9.59 Å². The molecule has 8 nitrogen and oxygen atoms in total. The van der Waals surface area contributed by atoms with Gasteiger partial charge in [0.1, 0.15) is 6.61 Å². The molecule has 162 valence electrons. The van der Waals surface area contributed by atoms with Crippen molar-refractivity contribution in [3.63, 3.8) is 0 Å². The number of amides is 2. The molecular formula is C22H24BrN5O3. The minimum atomic E-state index is -0.565. The molecule has 1 atom stereocenters. The standard InChI is InChI=1S/C22H24BrN5O3/c1-22(2)13-27(21(30)31-12-14-6-4-3-5-7-14)11-18(22)26-19-16(20(24)29)9-25-28-10-15(23)8-17(19)28/h3-10,18,26H,11-13H2,1-2H3,(H2,24,29)/t18-/m1/s1. The minimum absolute atomic E-state index is 0.116. The van der Waals surface area contributed by atoms with Crippen molar-refractivity contribution in [3.8, 4) is 0 Å². The van der Waals surface area contributed by atoms with Gasteiger partial charge in [0.15, 0.2) is 0 Å². The molecule has 9 heteroatoms. The van der Waals surface area contributed by atoms with E-state index in [4.69, 9.17) is 10.5 Å². The van der Waals surface area contributed by atoms with Gasteiger partial charge in [0, 0.05) is 29.2 Å². The Morgan fingerprint density at radius 2 is 2.06 bits per heavy atom. The van der Waals surface area contributed by atoms with Gasteiger partial charge in [-0.2, -0.15) is 5.10 Å². The van der Waals surface area contributed by atoms with Crippen molar-refractivity contribution >= 4 is 39.1 Å². The Morgan fingerprint density at radius 1 is 1.32 bits per heavy atom. The fraction of sp³-hybridized carbons (Fsp3) is 0.318. The van der Waals surface area contributed by atoms with Gasteiger partial charge in [-0.3, -0.25) is 4.79 Å². The highest BCUT2D eigenvalue weighted by atomic mass is 79.9. The molecule has 0 bridgehead atoms. The SMILES string of the molecule is CC1(C)CN(C(=O)OCc2ccccc2)C[C@H]1Nc1c(C(N)=O)cnn2cc(Br)cc12. The molecule has 0 aliphatic carbocycles. The highest BCUT2D eigenvalue weighted by Crippen LogP contribution is 2.35. The van der Waals surface area contributed by atoms with Gasteiger partial charge < -0.3 is 20.7 Å². The number of hydrogen-bond donors (Lipinski definition) is 2. The van der Waals surface area contributed by atoms with Crippen LogP contribution < -0.4 is 11.1 Å². The molecule has 0 spiro atoms. The molecule has 1 saturated heterocycles. The van der Waals surface area contributed by atoms with Crippen LogP contribution in [0.15, 0.2) is 53.3 Å². The molecule has 31 heavy (non-hydrogen) atoms. The second-order valence-electron chi connectivity index (χ2n) is 8.39. The van der Waals surface area contributed by atoms with Gasteiger partial charge in [0.05, 0.1) is 29.0 Å². The van der Waals surface area contributed by atoms with Crippen molar-refractivity contribution in [2.45, 2.75) is 26.5 Å². The predicted molar refractivity (Wildman–Crippen MR) is 121 cm³/mol. The van der Waals surface area contributed by atoms with Gasteiger partial charge in [-0.1, -0.05) is 44.2 Å². The molecule has 0 saturated carbocycles. The lowest BCUT2D eigenvalue weighted by molar-refractivity contribution is 0.0996. The molecule has 1 aliphatic heterocycles. The van der Waals surface area contributed by atoms with Gasteiger partial charge in [0.2, 0.25) is 0 Å². The van der Waals surface area contributed by atoms with E-state index in [1.54, 1.807) is 15.6 Å². The third-order valence-corrected chi connectivity index (χ3v) is 6.03. The molecule has 0 radical (unpaired) electrons. The van der Waals surface area contributed by atoms with Crippen molar-refractivity contribution in [2.24, 2.45) is 11.1 Å². The van der Waals surface area contributed by atoms with Gasteiger partial charge in [-0.05, 0) is 27.6 Å². The molecule has 3 N–H and O–H groups in total. The summed E-state index contributed by atoms with van der Waals surface area (Å²) < 4.78 is 8.01. The van der Waals surface area contributed by atoms with E-state index in [0.717, 1.165) is 15.6 Å². The average molecular weight is 486 g/mol. The van der Waals surface area contributed by atoms with E-state index < -0.39 is 5.91 Å². The molecule has 1 fully saturated rings. The van der Waals surface area contributed by atoms with Crippen molar-refractivity contribution in [1.82, 2.24) is 14.5 Å². The monoisotopic (exact) mass is 485 g/mol. The number of halogens is 1. The zero-order valence-electron chi connectivity index (χ0n) is 17.3. The van der Waals surface area contributed by atoms with Crippen LogP contribution in [0.1, 0.15) is 29.8 Å². The van der Waals surface area contributed by atoms with Crippen LogP contribution in [0.3, 0.4) is 0 Å². The Balaban J connectivity index is 1.53. The van der Waals surface area contributed by atoms with Gasteiger partial charge in [-0.25, -0.2) is 9.31 Å². The van der Waals surface area contributed by atoms with E-state index >= 15 is 0 Å². The maximum Gasteiger partial charge on any atom is 0.410 e. The summed E-state index contributed by atoms with van der Waals surface area (Å²) in [4.78, 5) is 26.4. The number of rotatable bonds is 5. The van der Waals surface area contributed by atoms with Crippen molar-refractivity contribution in [3.05, 3.63) is 64.4 Å². The number of fused-ring (bicyclic) bond motifs is 1. The van der Waals surface area contributed by atoms with Crippen LogP contribution in [0.25, 0.3) is 5.52 Å². The number of anilines is 1. The summed E-state index contributed by atoms with van der Waals surface area (Å²) >= 11 is 3.45. The normalized spacial score (nSPS) is 17.6. The molecule has 2 amide bonds. The highest BCUT2D eigenvalue weighted by Gasteiger charge is 2.42. The van der Waals surface area contributed by atoms with Crippen LogP contribution in [0, 0.1) is 5.41 Å². The first-order valence-electron chi connectivity index (χ1n) is 9.93. The number of benzene rings is 1. The van der Waals surface area contributed by atoms with Gasteiger partial charge in [-0.15, -0.1) is 0 Å². The van der Waals surface area contributed by atoms with E-state index in [1.807, 2.05) is 36.4 Å². The lowest BCUT2D eigenvalue weighted by atomic mass is 9.87. The quantitative estimate of drug-likeness (QED) is 0.573. The first-order chi connectivity index (χ1) is 14.7. The topological polar surface area (TPSA) is 102 Å². The Bertz CT molecular complexity index is 1130. The van der Waals surface area contributed by atoms with Crippen LogP contribution in [0.2, 0.25) is 0 Å². The number of hydrogen-bond acceptors (Lipinski definition) is 5. The van der Waals surface area contributed by atoms with Gasteiger partial charge >= 0.3 is 6.09 Å². The van der Waals surface area contributed by atoms with Crippen LogP contribution in [-0.2, 0) is 11.3 Å². The summed E-state index contributed by atoms with van der Waals surface area (Å²) in [5.41, 5.74) is 7.91. The zero-order chi connectivity index (χ0) is 22.2. The predicted octanol–water partition coefficient (Wildman–Crippen LogP) is 3.65. The fourth-order valence-corrected chi connectivity index (χ4v) is 4.27. The molecular weight excluding hydrogens is 462 g/mol. The maximum absolute atomic E-state index is 12.7. The Morgan fingerprint density at radius 3 is 2.77 bits per heavy atom. The third-order valence-electron chi connectivity index (χ3n) is 5.60. The van der Waals surface area contributed by atoms with E-state index in [0.29, 0.717) is 24.3 Å². The summed E-state index contributed by atoms with van der Waals surface area (Å²) in [5.74, 6) is -0.565. The molecule has 1 aliphatic rings. The fourth-order valence-electron chi connectivity index (χ4n) is 3.86. The molecule has 0 unspecified atom stereocenters. The Hall–Kier alpha value is -3.07. The molecule has 4 rings (SSSR count). The van der Waals surface area contributed by atoms with Crippen LogP contribution in [0.4, 0.5) is 10.5 Å². The van der Waals surface area contributed by atoms with Gasteiger partial charge in [0.25, 0.3) is 5.91 Å².